The molecule has 5 nitrogen and oxygen atoms in total. The molecule has 2 atom stereocenters. The molecule has 6 heteroatoms. The summed E-state index contributed by atoms with van der Waals surface area (Å²) in [6.45, 7) is 2.78. The first-order valence-electron chi connectivity index (χ1n) is 7.67. The van der Waals surface area contributed by atoms with Crippen LogP contribution in [0.15, 0.2) is 52.0 Å². The zero-order valence-corrected chi connectivity index (χ0v) is 13.9. The number of aliphatic hydroxyl groups is 1. The van der Waals surface area contributed by atoms with Gasteiger partial charge in [-0.25, -0.2) is 4.89 Å². The molecule has 0 saturated carbocycles. The van der Waals surface area contributed by atoms with Gasteiger partial charge in [-0.2, -0.15) is 4.33 Å². The maximum atomic E-state index is 10.5. The number of rotatable bonds is 7. The average Bonchev–Trinajstić information content (AvgIpc) is 3.23. The van der Waals surface area contributed by atoms with Crippen molar-refractivity contribution in [2.45, 2.75) is 24.2 Å². The highest BCUT2D eigenvalue weighted by Crippen LogP contribution is 2.33. The molecule has 1 N–H and O–H groups in total. The van der Waals surface area contributed by atoms with E-state index in [0.717, 1.165) is 38.1 Å². The first kappa shape index (κ1) is 16.5. The van der Waals surface area contributed by atoms with E-state index < -0.39 is 6.10 Å². The van der Waals surface area contributed by atoms with Gasteiger partial charge in [0.2, 0.25) is 0 Å². The Labute approximate surface area is 140 Å². The quantitative estimate of drug-likeness (QED) is 0.475. The standard InChI is InChI=1S/C17H21NO4S/c1-20-22-23-16-8-7-15(21-16)17(19)14-9-10-18(12-14)11-13-5-3-2-4-6-13/h2-8,14,17,19H,9-12H2,1H3. The Hall–Kier alpha value is -1.31. The van der Waals surface area contributed by atoms with Crippen LogP contribution in [0.1, 0.15) is 23.8 Å². The fourth-order valence-electron chi connectivity index (χ4n) is 2.94. The third-order valence-electron chi connectivity index (χ3n) is 4.08. The van der Waals surface area contributed by atoms with E-state index in [1.807, 2.05) is 6.07 Å². The van der Waals surface area contributed by atoms with Gasteiger partial charge in [0.05, 0.1) is 7.11 Å². The molecule has 1 aromatic heterocycles. The van der Waals surface area contributed by atoms with Crippen molar-refractivity contribution in [2.24, 2.45) is 5.92 Å². The molecule has 0 amide bonds. The third kappa shape index (κ3) is 4.37. The van der Waals surface area contributed by atoms with Gasteiger partial charge in [0, 0.05) is 19.0 Å². The molecule has 23 heavy (non-hydrogen) atoms. The van der Waals surface area contributed by atoms with E-state index in [0.29, 0.717) is 10.9 Å². The zero-order valence-electron chi connectivity index (χ0n) is 13.1. The molecule has 1 saturated heterocycles. The largest absolute Gasteiger partial charge is 0.450 e. The Kier molecular flexibility index (Phi) is 5.75. The molecule has 0 radical (unpaired) electrons. The molecular formula is C17H21NO4S. The number of aliphatic hydroxyl groups excluding tert-OH is 1. The van der Waals surface area contributed by atoms with Crippen LogP contribution in [0.3, 0.4) is 0 Å². The van der Waals surface area contributed by atoms with Crippen LogP contribution in [0, 0.1) is 5.92 Å². The van der Waals surface area contributed by atoms with Crippen molar-refractivity contribution in [1.29, 1.82) is 0 Å². The summed E-state index contributed by atoms with van der Waals surface area (Å²) < 4.78 is 10.4. The van der Waals surface area contributed by atoms with Crippen LogP contribution in [0.25, 0.3) is 0 Å². The molecule has 0 aliphatic carbocycles. The number of hydrogen-bond acceptors (Lipinski definition) is 6. The fourth-order valence-corrected chi connectivity index (χ4v) is 3.33. The van der Waals surface area contributed by atoms with E-state index in [4.69, 9.17) is 8.75 Å². The summed E-state index contributed by atoms with van der Waals surface area (Å²) in [5, 5.41) is 11.1. The lowest BCUT2D eigenvalue weighted by Crippen LogP contribution is -2.22. The third-order valence-corrected chi connectivity index (χ3v) is 4.67. The van der Waals surface area contributed by atoms with Gasteiger partial charge in [0.1, 0.15) is 23.9 Å². The number of likely N-dealkylation sites (tertiary alicyclic amines) is 1. The summed E-state index contributed by atoms with van der Waals surface area (Å²) >= 11 is 0.993. The zero-order chi connectivity index (χ0) is 16.1. The minimum absolute atomic E-state index is 0.186. The number of benzene rings is 1. The summed E-state index contributed by atoms with van der Waals surface area (Å²) in [7, 11) is 1.44. The van der Waals surface area contributed by atoms with Crippen LogP contribution in [-0.2, 0) is 15.8 Å². The van der Waals surface area contributed by atoms with Gasteiger partial charge >= 0.3 is 0 Å². The summed E-state index contributed by atoms with van der Waals surface area (Å²) in [5.74, 6) is 0.768. The van der Waals surface area contributed by atoms with Crippen molar-refractivity contribution in [3.05, 3.63) is 53.8 Å². The van der Waals surface area contributed by atoms with Gasteiger partial charge < -0.3 is 9.52 Å². The first-order valence-corrected chi connectivity index (χ1v) is 8.42. The summed E-state index contributed by atoms with van der Waals surface area (Å²) in [5.41, 5.74) is 1.30. The lowest BCUT2D eigenvalue weighted by Gasteiger charge is -2.18. The van der Waals surface area contributed by atoms with E-state index >= 15 is 0 Å². The van der Waals surface area contributed by atoms with Gasteiger partial charge in [0.15, 0.2) is 5.09 Å². The Bertz CT molecular complexity index is 604. The minimum Gasteiger partial charge on any atom is -0.450 e. The summed E-state index contributed by atoms with van der Waals surface area (Å²) in [6, 6.07) is 14.0. The summed E-state index contributed by atoms with van der Waals surface area (Å²) in [4.78, 5) is 6.89. The van der Waals surface area contributed by atoms with Crippen LogP contribution in [0.2, 0.25) is 0 Å². The van der Waals surface area contributed by atoms with Crippen molar-refractivity contribution in [3.63, 3.8) is 0 Å². The maximum Gasteiger partial charge on any atom is 0.190 e. The molecular weight excluding hydrogens is 314 g/mol. The van der Waals surface area contributed by atoms with Crippen molar-refractivity contribution >= 4 is 12.0 Å². The van der Waals surface area contributed by atoms with E-state index in [2.05, 4.69) is 34.1 Å². The number of furan rings is 1. The lowest BCUT2D eigenvalue weighted by molar-refractivity contribution is -0.160. The van der Waals surface area contributed by atoms with Crippen molar-refractivity contribution in [3.8, 4) is 0 Å². The molecule has 2 aromatic rings. The lowest BCUT2D eigenvalue weighted by atomic mass is 10.00. The second-order valence-electron chi connectivity index (χ2n) is 5.69. The number of nitrogens with zero attached hydrogens (tertiary/aromatic N) is 1. The smallest absolute Gasteiger partial charge is 0.190 e. The van der Waals surface area contributed by atoms with Gasteiger partial charge in [-0.05, 0) is 30.7 Å². The van der Waals surface area contributed by atoms with E-state index in [1.165, 1.54) is 12.7 Å². The molecule has 3 rings (SSSR count). The normalized spacial score (nSPS) is 20.0. The fraction of sp³-hybridized carbons (Fsp3) is 0.412. The van der Waals surface area contributed by atoms with Crippen LogP contribution >= 0.6 is 12.0 Å². The molecule has 1 fully saturated rings. The monoisotopic (exact) mass is 335 g/mol. The van der Waals surface area contributed by atoms with Gasteiger partial charge in [-0.1, -0.05) is 30.3 Å². The maximum absolute atomic E-state index is 10.5. The molecule has 1 aromatic carbocycles. The Balaban J connectivity index is 1.54. The Morgan fingerprint density at radius 1 is 1.30 bits per heavy atom. The minimum atomic E-state index is -0.590. The topological polar surface area (TPSA) is 55.1 Å². The highest BCUT2D eigenvalue weighted by Gasteiger charge is 2.31. The van der Waals surface area contributed by atoms with Crippen molar-refractivity contribution < 1.29 is 18.7 Å². The van der Waals surface area contributed by atoms with Crippen LogP contribution in [-0.4, -0.2) is 30.2 Å². The van der Waals surface area contributed by atoms with Crippen LogP contribution < -0.4 is 0 Å². The molecule has 1 aliphatic heterocycles. The predicted molar refractivity (Wildman–Crippen MR) is 87.4 cm³/mol. The van der Waals surface area contributed by atoms with E-state index in [-0.39, 0.29) is 5.92 Å². The molecule has 2 unspecified atom stereocenters. The molecule has 124 valence electrons. The first-order chi connectivity index (χ1) is 11.3. The SMILES string of the molecule is COOSc1ccc(C(O)C2CCN(Cc3ccccc3)C2)o1. The predicted octanol–water partition coefficient (Wildman–Crippen LogP) is 3.42. The van der Waals surface area contributed by atoms with Crippen molar-refractivity contribution in [1.82, 2.24) is 4.90 Å². The van der Waals surface area contributed by atoms with Crippen LogP contribution in [0.5, 0.6) is 0 Å². The average molecular weight is 335 g/mol. The Morgan fingerprint density at radius 2 is 2.13 bits per heavy atom. The van der Waals surface area contributed by atoms with E-state index in [9.17, 15) is 5.11 Å². The summed E-state index contributed by atoms with van der Waals surface area (Å²) in [6.07, 6.45) is 0.374. The van der Waals surface area contributed by atoms with Gasteiger partial charge in [-0.15, -0.1) is 0 Å². The molecule has 2 heterocycles. The van der Waals surface area contributed by atoms with Crippen LogP contribution in [0.4, 0.5) is 0 Å². The van der Waals surface area contributed by atoms with Crippen molar-refractivity contribution in [2.75, 3.05) is 20.2 Å². The molecule has 1 aliphatic rings. The highest BCUT2D eigenvalue weighted by atomic mass is 32.2. The molecule has 0 spiro atoms. The van der Waals surface area contributed by atoms with E-state index in [1.54, 1.807) is 12.1 Å². The second kappa shape index (κ2) is 7.99. The van der Waals surface area contributed by atoms with Gasteiger partial charge in [-0.3, -0.25) is 4.90 Å². The number of hydrogen-bond donors (Lipinski definition) is 1. The highest BCUT2D eigenvalue weighted by molar-refractivity contribution is 7.94. The molecule has 0 bridgehead atoms. The Morgan fingerprint density at radius 3 is 2.91 bits per heavy atom. The second-order valence-corrected chi connectivity index (χ2v) is 6.39. The van der Waals surface area contributed by atoms with Gasteiger partial charge in [0.25, 0.3) is 0 Å².